The standard InChI is InChI=1S/C14H25ClO/c1-13(2)9-12(14(3,4)16-13)10-6-5-7-11(15)8-10/h10-12H,5-9H2,1-4H3. The molecule has 0 aromatic rings. The Bertz CT molecular complexity index is 259. The van der Waals surface area contributed by atoms with Gasteiger partial charge in [0.15, 0.2) is 0 Å². The molecule has 16 heavy (non-hydrogen) atoms. The first-order valence-electron chi connectivity index (χ1n) is 6.64. The predicted octanol–water partition coefficient (Wildman–Crippen LogP) is 4.38. The molecule has 1 heterocycles. The number of halogens is 1. The topological polar surface area (TPSA) is 9.23 Å². The van der Waals surface area contributed by atoms with Gasteiger partial charge in [0.25, 0.3) is 0 Å². The van der Waals surface area contributed by atoms with Crippen LogP contribution in [-0.4, -0.2) is 16.6 Å². The fourth-order valence-electron chi connectivity index (χ4n) is 3.87. The van der Waals surface area contributed by atoms with Gasteiger partial charge in [-0.15, -0.1) is 11.6 Å². The van der Waals surface area contributed by atoms with Gasteiger partial charge in [-0.2, -0.15) is 0 Å². The molecule has 0 aromatic heterocycles. The normalized spacial score (nSPS) is 42.2. The molecule has 2 heteroatoms. The monoisotopic (exact) mass is 244 g/mol. The fourth-order valence-corrected chi connectivity index (χ4v) is 4.25. The van der Waals surface area contributed by atoms with Gasteiger partial charge in [-0.3, -0.25) is 0 Å². The van der Waals surface area contributed by atoms with Crippen molar-refractivity contribution in [3.8, 4) is 0 Å². The van der Waals surface area contributed by atoms with Crippen LogP contribution in [0.4, 0.5) is 0 Å². The Morgan fingerprint density at radius 2 is 1.81 bits per heavy atom. The van der Waals surface area contributed by atoms with Crippen LogP contribution in [-0.2, 0) is 4.74 Å². The number of ether oxygens (including phenoxy) is 1. The molecule has 0 aromatic carbocycles. The van der Waals surface area contributed by atoms with E-state index in [0.717, 1.165) is 5.92 Å². The highest BCUT2D eigenvalue weighted by Crippen LogP contribution is 2.49. The third kappa shape index (κ3) is 2.56. The molecule has 1 saturated heterocycles. The van der Waals surface area contributed by atoms with Crippen LogP contribution in [0.15, 0.2) is 0 Å². The van der Waals surface area contributed by atoms with Crippen molar-refractivity contribution >= 4 is 11.6 Å². The van der Waals surface area contributed by atoms with E-state index in [1.807, 2.05) is 0 Å². The third-order valence-electron chi connectivity index (χ3n) is 4.36. The van der Waals surface area contributed by atoms with Crippen LogP contribution in [0, 0.1) is 11.8 Å². The average Bonchev–Trinajstić information content (AvgIpc) is 2.34. The Balaban J connectivity index is 2.08. The van der Waals surface area contributed by atoms with Crippen molar-refractivity contribution in [1.82, 2.24) is 0 Å². The predicted molar refractivity (Wildman–Crippen MR) is 68.9 cm³/mol. The second-order valence-corrected chi connectivity index (χ2v) is 7.42. The molecule has 1 nitrogen and oxygen atoms in total. The molecule has 2 fully saturated rings. The summed E-state index contributed by atoms with van der Waals surface area (Å²) in [6, 6.07) is 0. The highest BCUT2D eigenvalue weighted by atomic mass is 35.5. The number of hydrogen-bond acceptors (Lipinski definition) is 1. The maximum atomic E-state index is 6.31. The first kappa shape index (κ1) is 12.7. The maximum Gasteiger partial charge on any atom is 0.0665 e. The molecule has 1 aliphatic heterocycles. The molecule has 2 aliphatic rings. The van der Waals surface area contributed by atoms with Crippen LogP contribution in [0.25, 0.3) is 0 Å². The molecule has 1 saturated carbocycles. The zero-order chi connectivity index (χ0) is 12.0. The molecule has 0 bridgehead atoms. The molecule has 0 radical (unpaired) electrons. The van der Waals surface area contributed by atoms with E-state index in [2.05, 4.69) is 27.7 Å². The lowest BCUT2D eigenvalue weighted by Gasteiger charge is -2.36. The van der Waals surface area contributed by atoms with Gasteiger partial charge >= 0.3 is 0 Å². The van der Waals surface area contributed by atoms with Crippen molar-refractivity contribution in [2.75, 3.05) is 0 Å². The summed E-state index contributed by atoms with van der Waals surface area (Å²) < 4.78 is 6.19. The van der Waals surface area contributed by atoms with Crippen LogP contribution in [0.1, 0.15) is 59.8 Å². The lowest BCUT2D eigenvalue weighted by atomic mass is 9.71. The van der Waals surface area contributed by atoms with Crippen LogP contribution in [0.5, 0.6) is 0 Å². The van der Waals surface area contributed by atoms with E-state index in [0.29, 0.717) is 11.3 Å². The molecule has 3 unspecified atom stereocenters. The smallest absolute Gasteiger partial charge is 0.0665 e. The van der Waals surface area contributed by atoms with E-state index >= 15 is 0 Å². The van der Waals surface area contributed by atoms with Crippen molar-refractivity contribution in [2.24, 2.45) is 11.8 Å². The average molecular weight is 245 g/mol. The zero-order valence-corrected chi connectivity index (χ0v) is 11.8. The van der Waals surface area contributed by atoms with Crippen LogP contribution in [0.2, 0.25) is 0 Å². The molecule has 94 valence electrons. The van der Waals surface area contributed by atoms with Crippen LogP contribution in [0.3, 0.4) is 0 Å². The van der Waals surface area contributed by atoms with E-state index in [-0.39, 0.29) is 11.2 Å². The summed E-state index contributed by atoms with van der Waals surface area (Å²) in [7, 11) is 0. The molecule has 0 N–H and O–H groups in total. The quantitative estimate of drug-likeness (QED) is 0.622. The van der Waals surface area contributed by atoms with Crippen molar-refractivity contribution < 1.29 is 4.74 Å². The van der Waals surface area contributed by atoms with Gasteiger partial charge in [0, 0.05) is 5.38 Å². The Labute approximate surface area is 105 Å². The summed E-state index contributed by atoms with van der Waals surface area (Å²) in [5.41, 5.74) is 0.0789. The summed E-state index contributed by atoms with van der Waals surface area (Å²) in [5, 5.41) is 0.401. The van der Waals surface area contributed by atoms with Gasteiger partial charge in [0.05, 0.1) is 11.2 Å². The minimum Gasteiger partial charge on any atom is -0.369 e. The summed E-state index contributed by atoms with van der Waals surface area (Å²) in [6.07, 6.45) is 6.22. The van der Waals surface area contributed by atoms with E-state index in [9.17, 15) is 0 Å². The van der Waals surface area contributed by atoms with Crippen molar-refractivity contribution in [1.29, 1.82) is 0 Å². The lowest BCUT2D eigenvalue weighted by Crippen LogP contribution is -2.35. The lowest BCUT2D eigenvalue weighted by molar-refractivity contribution is -0.0814. The third-order valence-corrected chi connectivity index (χ3v) is 4.76. The second-order valence-electron chi connectivity index (χ2n) is 6.80. The van der Waals surface area contributed by atoms with Gasteiger partial charge in [-0.1, -0.05) is 6.42 Å². The molecular weight excluding hydrogens is 220 g/mol. The first-order chi connectivity index (χ1) is 7.30. The molecule has 0 spiro atoms. The summed E-state index contributed by atoms with van der Waals surface area (Å²) in [4.78, 5) is 0. The highest BCUT2D eigenvalue weighted by Gasteiger charge is 2.49. The van der Waals surface area contributed by atoms with Crippen LogP contribution < -0.4 is 0 Å². The SMILES string of the molecule is CC1(C)CC(C2CCCC(Cl)C2)C(C)(C)O1. The summed E-state index contributed by atoms with van der Waals surface area (Å²) >= 11 is 6.31. The molecule has 2 rings (SSSR count). The fraction of sp³-hybridized carbons (Fsp3) is 1.00. The van der Waals surface area contributed by atoms with Gasteiger partial charge in [0.2, 0.25) is 0 Å². The molecular formula is C14H25ClO. The van der Waals surface area contributed by atoms with E-state index in [1.165, 1.54) is 32.1 Å². The van der Waals surface area contributed by atoms with Crippen molar-refractivity contribution in [3.05, 3.63) is 0 Å². The number of rotatable bonds is 1. The Hall–Kier alpha value is 0.250. The number of hydrogen-bond donors (Lipinski definition) is 0. The molecule has 3 atom stereocenters. The Morgan fingerprint density at radius 1 is 1.12 bits per heavy atom. The van der Waals surface area contributed by atoms with E-state index in [1.54, 1.807) is 0 Å². The maximum absolute atomic E-state index is 6.31. The zero-order valence-electron chi connectivity index (χ0n) is 11.1. The van der Waals surface area contributed by atoms with E-state index < -0.39 is 0 Å². The number of alkyl halides is 1. The van der Waals surface area contributed by atoms with Gasteiger partial charge in [-0.05, 0) is 65.2 Å². The second kappa shape index (κ2) is 4.17. The van der Waals surface area contributed by atoms with Crippen LogP contribution >= 0.6 is 11.6 Å². The first-order valence-corrected chi connectivity index (χ1v) is 7.08. The van der Waals surface area contributed by atoms with Crippen molar-refractivity contribution in [2.45, 2.75) is 76.4 Å². The Kier molecular flexibility index (Phi) is 3.31. The minimum atomic E-state index is 0.0299. The molecule has 0 amide bonds. The van der Waals surface area contributed by atoms with Gasteiger partial charge in [0.1, 0.15) is 0 Å². The van der Waals surface area contributed by atoms with Gasteiger partial charge < -0.3 is 4.74 Å². The minimum absolute atomic E-state index is 0.0299. The van der Waals surface area contributed by atoms with Crippen molar-refractivity contribution in [3.63, 3.8) is 0 Å². The van der Waals surface area contributed by atoms with Gasteiger partial charge in [-0.25, -0.2) is 0 Å². The summed E-state index contributed by atoms with van der Waals surface area (Å²) in [6.45, 7) is 8.94. The largest absolute Gasteiger partial charge is 0.369 e. The Morgan fingerprint density at radius 3 is 2.31 bits per heavy atom. The highest BCUT2D eigenvalue weighted by molar-refractivity contribution is 6.20. The summed E-state index contributed by atoms with van der Waals surface area (Å²) in [5.74, 6) is 1.46. The molecule has 1 aliphatic carbocycles. The van der Waals surface area contributed by atoms with E-state index in [4.69, 9.17) is 16.3 Å².